The van der Waals surface area contributed by atoms with Crippen LogP contribution in [0.2, 0.25) is 0 Å². The van der Waals surface area contributed by atoms with Crippen molar-refractivity contribution in [1.82, 2.24) is 10.3 Å². The van der Waals surface area contributed by atoms with Crippen LogP contribution in [0, 0.1) is 19.8 Å². The van der Waals surface area contributed by atoms with Crippen LogP contribution in [0.4, 0.5) is 0 Å². The number of carbonyl (C=O) groups excluding carboxylic acids is 1. The highest BCUT2D eigenvalue weighted by atomic mass is 32.1. The average Bonchev–Trinajstić information content (AvgIpc) is 2.69. The second-order valence-electron chi connectivity index (χ2n) is 5.51. The smallest absolute Gasteiger partial charge is 0.220 e. The topological polar surface area (TPSA) is 68.0 Å². The number of nitrogens with two attached hydrogens (primary N) is 1. The van der Waals surface area contributed by atoms with Gasteiger partial charge in [0.15, 0.2) is 0 Å². The molecule has 5 heteroatoms. The zero-order valence-corrected chi connectivity index (χ0v) is 12.7. The van der Waals surface area contributed by atoms with Crippen molar-refractivity contribution in [3.05, 3.63) is 15.6 Å². The van der Waals surface area contributed by atoms with Gasteiger partial charge in [0.2, 0.25) is 5.91 Å². The first-order chi connectivity index (χ1) is 8.97. The fourth-order valence-corrected chi connectivity index (χ4v) is 3.84. The van der Waals surface area contributed by atoms with Crippen LogP contribution < -0.4 is 11.1 Å². The maximum atomic E-state index is 11.1. The van der Waals surface area contributed by atoms with Gasteiger partial charge in [-0.05, 0) is 46.5 Å². The Morgan fingerprint density at radius 3 is 2.47 bits per heavy atom. The highest BCUT2D eigenvalue weighted by Crippen LogP contribution is 2.27. The third-order valence-electron chi connectivity index (χ3n) is 3.96. The lowest BCUT2D eigenvalue weighted by Gasteiger charge is -2.29. The fraction of sp³-hybridized carbons (Fsp3) is 0.714. The molecular weight excluding hydrogens is 258 g/mol. The molecule has 0 bridgehead atoms. The summed E-state index contributed by atoms with van der Waals surface area (Å²) < 4.78 is 0. The van der Waals surface area contributed by atoms with Gasteiger partial charge < -0.3 is 11.1 Å². The minimum absolute atomic E-state index is 0.0802. The first-order valence-corrected chi connectivity index (χ1v) is 7.78. The maximum Gasteiger partial charge on any atom is 0.220 e. The number of aromatic nitrogens is 1. The number of nitrogens with one attached hydrogen (secondary N) is 1. The summed E-state index contributed by atoms with van der Waals surface area (Å²) in [5, 5.41) is 4.76. The number of amides is 1. The van der Waals surface area contributed by atoms with Gasteiger partial charge in [-0.3, -0.25) is 4.79 Å². The molecule has 106 valence electrons. The van der Waals surface area contributed by atoms with E-state index in [9.17, 15) is 4.79 Å². The molecule has 1 aliphatic carbocycles. The lowest BCUT2D eigenvalue weighted by Crippen LogP contribution is -2.38. The van der Waals surface area contributed by atoms with Crippen LogP contribution >= 0.6 is 11.3 Å². The summed E-state index contributed by atoms with van der Waals surface area (Å²) in [6.45, 7) is 6.34. The van der Waals surface area contributed by atoms with Crippen molar-refractivity contribution in [2.45, 2.75) is 58.5 Å². The molecule has 1 aromatic rings. The molecule has 1 unspecified atom stereocenters. The van der Waals surface area contributed by atoms with Crippen LogP contribution in [0.15, 0.2) is 0 Å². The van der Waals surface area contributed by atoms with E-state index in [1.165, 1.54) is 10.6 Å². The van der Waals surface area contributed by atoms with E-state index >= 15 is 0 Å². The Hall–Kier alpha value is -0.940. The SMILES string of the molecule is Cc1nc(C(C)NC2CCC(C(N)=O)CC2)c(C)s1. The van der Waals surface area contributed by atoms with Gasteiger partial charge in [0, 0.05) is 22.9 Å². The van der Waals surface area contributed by atoms with Gasteiger partial charge in [-0.1, -0.05) is 0 Å². The molecule has 1 heterocycles. The summed E-state index contributed by atoms with van der Waals surface area (Å²) in [6.07, 6.45) is 3.88. The second-order valence-corrected chi connectivity index (χ2v) is 6.92. The third kappa shape index (κ3) is 3.54. The number of primary amides is 1. The first-order valence-electron chi connectivity index (χ1n) is 6.96. The van der Waals surface area contributed by atoms with Crippen molar-refractivity contribution >= 4 is 17.2 Å². The van der Waals surface area contributed by atoms with Crippen LogP contribution in [0.5, 0.6) is 0 Å². The summed E-state index contributed by atoms with van der Waals surface area (Å²) in [4.78, 5) is 17.0. The molecule has 3 N–H and O–H groups in total. The molecule has 2 rings (SSSR count). The van der Waals surface area contributed by atoms with E-state index in [1.807, 2.05) is 6.92 Å². The molecule has 1 atom stereocenters. The molecule has 1 saturated carbocycles. The van der Waals surface area contributed by atoms with Crippen LogP contribution in [0.25, 0.3) is 0 Å². The highest BCUT2D eigenvalue weighted by Gasteiger charge is 2.26. The van der Waals surface area contributed by atoms with E-state index in [-0.39, 0.29) is 17.9 Å². The molecule has 0 aliphatic heterocycles. The predicted molar refractivity (Wildman–Crippen MR) is 78.1 cm³/mol. The largest absolute Gasteiger partial charge is 0.369 e. The maximum absolute atomic E-state index is 11.1. The molecule has 4 nitrogen and oxygen atoms in total. The fourth-order valence-electron chi connectivity index (χ4n) is 2.92. The Labute approximate surface area is 118 Å². The van der Waals surface area contributed by atoms with E-state index in [2.05, 4.69) is 24.1 Å². The van der Waals surface area contributed by atoms with Gasteiger partial charge in [-0.25, -0.2) is 4.98 Å². The number of aryl methyl sites for hydroxylation is 2. The van der Waals surface area contributed by atoms with Crippen LogP contribution in [-0.2, 0) is 4.79 Å². The first kappa shape index (κ1) is 14.5. The van der Waals surface area contributed by atoms with Crippen molar-refractivity contribution in [1.29, 1.82) is 0 Å². The molecule has 19 heavy (non-hydrogen) atoms. The minimum Gasteiger partial charge on any atom is -0.369 e. The van der Waals surface area contributed by atoms with Gasteiger partial charge in [-0.2, -0.15) is 0 Å². The van der Waals surface area contributed by atoms with Crippen molar-refractivity contribution in [3.8, 4) is 0 Å². The Bertz CT molecular complexity index is 450. The number of carbonyl (C=O) groups is 1. The highest BCUT2D eigenvalue weighted by molar-refractivity contribution is 7.11. The van der Waals surface area contributed by atoms with Gasteiger partial charge in [0.1, 0.15) is 0 Å². The standard InChI is InChI=1S/C14H23N3OS/c1-8(13-9(2)19-10(3)17-13)16-12-6-4-11(5-7-12)14(15)18/h8,11-12,16H,4-7H2,1-3H3,(H2,15,18). The number of hydrogen-bond donors (Lipinski definition) is 2. The Balaban J connectivity index is 1.89. The lowest BCUT2D eigenvalue weighted by molar-refractivity contribution is -0.122. The van der Waals surface area contributed by atoms with Crippen LogP contribution in [0.3, 0.4) is 0 Å². The molecule has 0 radical (unpaired) electrons. The summed E-state index contributed by atoms with van der Waals surface area (Å²) in [5.74, 6) is -0.0610. The van der Waals surface area contributed by atoms with Crippen molar-refractivity contribution in [2.75, 3.05) is 0 Å². The second kappa shape index (κ2) is 6.01. The number of thiazole rings is 1. The molecule has 0 saturated heterocycles. The Morgan fingerprint density at radius 1 is 1.37 bits per heavy atom. The third-order valence-corrected chi connectivity index (χ3v) is 4.87. The van der Waals surface area contributed by atoms with Crippen molar-refractivity contribution in [2.24, 2.45) is 11.7 Å². The number of nitrogens with zero attached hydrogens (tertiary/aromatic N) is 1. The van der Waals surface area contributed by atoms with E-state index in [0.29, 0.717) is 6.04 Å². The minimum atomic E-state index is -0.141. The van der Waals surface area contributed by atoms with E-state index in [0.717, 1.165) is 30.7 Å². The molecular formula is C14H23N3OS. The molecule has 1 fully saturated rings. The predicted octanol–water partition coefficient (Wildman–Crippen LogP) is 2.45. The summed E-state index contributed by atoms with van der Waals surface area (Å²) in [6, 6.07) is 0.757. The number of hydrogen-bond acceptors (Lipinski definition) is 4. The van der Waals surface area contributed by atoms with E-state index in [4.69, 9.17) is 5.73 Å². The Kier molecular flexibility index (Phi) is 4.58. The van der Waals surface area contributed by atoms with E-state index in [1.54, 1.807) is 11.3 Å². The summed E-state index contributed by atoms with van der Waals surface area (Å²) >= 11 is 1.75. The van der Waals surface area contributed by atoms with Crippen LogP contribution in [-0.4, -0.2) is 16.9 Å². The normalized spacial score (nSPS) is 25.2. The quantitative estimate of drug-likeness (QED) is 0.890. The zero-order valence-electron chi connectivity index (χ0n) is 11.9. The molecule has 1 aromatic heterocycles. The lowest BCUT2D eigenvalue weighted by atomic mass is 9.85. The summed E-state index contributed by atoms with van der Waals surface area (Å²) in [7, 11) is 0. The van der Waals surface area contributed by atoms with Gasteiger partial charge in [-0.15, -0.1) is 11.3 Å². The van der Waals surface area contributed by atoms with Gasteiger partial charge >= 0.3 is 0 Å². The molecule has 0 spiro atoms. The number of rotatable bonds is 4. The van der Waals surface area contributed by atoms with Crippen LogP contribution in [0.1, 0.15) is 54.2 Å². The molecule has 1 amide bonds. The van der Waals surface area contributed by atoms with Crippen molar-refractivity contribution in [3.63, 3.8) is 0 Å². The van der Waals surface area contributed by atoms with Crippen molar-refractivity contribution < 1.29 is 4.79 Å². The summed E-state index contributed by atoms with van der Waals surface area (Å²) in [5.41, 5.74) is 6.53. The monoisotopic (exact) mass is 281 g/mol. The molecule has 1 aliphatic rings. The van der Waals surface area contributed by atoms with Gasteiger partial charge in [0.25, 0.3) is 0 Å². The Morgan fingerprint density at radius 2 is 2.00 bits per heavy atom. The van der Waals surface area contributed by atoms with E-state index < -0.39 is 0 Å². The molecule has 0 aromatic carbocycles. The average molecular weight is 281 g/mol. The zero-order chi connectivity index (χ0) is 14.0. The van der Waals surface area contributed by atoms with Gasteiger partial charge in [0.05, 0.1) is 10.7 Å².